The van der Waals surface area contributed by atoms with E-state index in [2.05, 4.69) is 387 Å². The smallest absolute Gasteiger partial charge is 0.160 e. The van der Waals surface area contributed by atoms with E-state index < -0.39 is 13.5 Å². The van der Waals surface area contributed by atoms with E-state index in [0.717, 1.165) is 56.1 Å². The lowest BCUT2D eigenvalue weighted by molar-refractivity contribution is 0.589. The molecule has 1 unspecified atom stereocenters. The van der Waals surface area contributed by atoms with E-state index in [1.807, 2.05) is 11.3 Å². The number of hydrogen-bond acceptors (Lipinski definition) is 4. The SMILES string of the molecule is CC(C)(C)c1ccc(N(c2ccccc2)c2cc3c(c4c2oc2ccccc24)-c2c(cc(N(c4ccccc4)c4ccc(C(C)(C)C)cc4)c4c2sc2ccccc24)C3(c2ccc(C(C)(C)C)cc2)c2ccc([Si](C)(c3ccc(C(C)(C)C)cc3)c3ccc(C(C)(C)C)cc3)cc2)cc1. The summed E-state index contributed by atoms with van der Waals surface area (Å²) in [6.07, 6.45) is 0. The van der Waals surface area contributed by atoms with Gasteiger partial charge in [-0.2, -0.15) is 0 Å². The lowest BCUT2D eigenvalue weighted by atomic mass is 9.67. The molecule has 99 heavy (non-hydrogen) atoms. The van der Waals surface area contributed by atoms with Crippen molar-refractivity contribution < 1.29 is 4.42 Å². The highest BCUT2D eigenvalue weighted by molar-refractivity contribution is 7.26. The summed E-state index contributed by atoms with van der Waals surface area (Å²) in [6.45, 7) is 37.3. The molecule has 494 valence electrons. The first kappa shape index (κ1) is 65.4. The number of thiophene rings is 1. The Balaban J connectivity index is 1.12. The average Bonchev–Trinajstić information content (AvgIpc) is 1.51. The van der Waals surface area contributed by atoms with Crippen molar-refractivity contribution in [1.82, 2.24) is 0 Å². The van der Waals surface area contributed by atoms with Crippen LogP contribution in [0, 0.1) is 0 Å². The molecule has 0 spiro atoms. The molecule has 15 rings (SSSR count). The van der Waals surface area contributed by atoms with Gasteiger partial charge in [-0.25, -0.2) is 0 Å². The molecule has 2 heterocycles. The van der Waals surface area contributed by atoms with Crippen LogP contribution in [0.4, 0.5) is 34.1 Å². The van der Waals surface area contributed by atoms with Crippen LogP contribution in [0.2, 0.25) is 6.55 Å². The summed E-state index contributed by atoms with van der Waals surface area (Å²) < 4.78 is 10.1. The van der Waals surface area contributed by atoms with Crippen LogP contribution in [0.5, 0.6) is 0 Å². The minimum atomic E-state index is -2.75. The summed E-state index contributed by atoms with van der Waals surface area (Å²) in [5, 5.41) is 8.79. The van der Waals surface area contributed by atoms with Gasteiger partial charge in [-0.05, 0) is 166 Å². The normalized spacial score (nSPS) is 14.5. The van der Waals surface area contributed by atoms with Gasteiger partial charge >= 0.3 is 0 Å². The Bertz CT molecular complexity index is 5280. The number of benzene rings is 12. The maximum absolute atomic E-state index is 7.59. The lowest BCUT2D eigenvalue weighted by Gasteiger charge is -2.37. The van der Waals surface area contributed by atoms with Gasteiger partial charge in [-0.3, -0.25) is 0 Å². The number of fused-ring (bicyclic) bond motifs is 11. The molecule has 3 nitrogen and oxygen atoms in total. The van der Waals surface area contributed by atoms with E-state index in [-0.39, 0.29) is 27.1 Å². The Morgan fingerprint density at radius 1 is 0.333 bits per heavy atom. The van der Waals surface area contributed by atoms with E-state index in [0.29, 0.717) is 0 Å². The van der Waals surface area contributed by atoms with Crippen molar-refractivity contribution in [3.63, 3.8) is 0 Å². The van der Waals surface area contributed by atoms with Crippen molar-refractivity contribution in [2.45, 2.75) is 143 Å². The second-order valence-electron chi connectivity index (χ2n) is 33.1. The molecule has 1 aliphatic rings. The zero-order chi connectivity index (χ0) is 69.3. The molecule has 0 saturated heterocycles. The van der Waals surface area contributed by atoms with Crippen LogP contribution in [-0.4, -0.2) is 8.07 Å². The van der Waals surface area contributed by atoms with E-state index in [4.69, 9.17) is 4.42 Å². The zero-order valence-corrected chi connectivity index (χ0v) is 62.4. The monoisotopic (exact) mass is 1320 g/mol. The third-order valence-corrected chi connectivity index (χ3v) is 27.2. The summed E-state index contributed by atoms with van der Waals surface area (Å²) >= 11 is 1.92. The molecule has 0 bridgehead atoms. The molecule has 0 radical (unpaired) electrons. The fourth-order valence-corrected chi connectivity index (χ4v) is 20.5. The molecular weight excluding hydrogens is 1230 g/mol. The Morgan fingerprint density at radius 2 is 0.677 bits per heavy atom. The highest BCUT2D eigenvalue weighted by Crippen LogP contribution is 2.65. The molecule has 5 heteroatoms. The quantitative estimate of drug-likeness (QED) is 0.0950. The van der Waals surface area contributed by atoms with Crippen LogP contribution in [0.25, 0.3) is 53.2 Å². The van der Waals surface area contributed by atoms with Gasteiger partial charge in [0.25, 0.3) is 0 Å². The molecule has 0 amide bonds. The molecule has 0 N–H and O–H groups in total. The van der Waals surface area contributed by atoms with Crippen LogP contribution in [0.3, 0.4) is 0 Å². The third-order valence-electron chi connectivity index (χ3n) is 21.5. The topological polar surface area (TPSA) is 19.6 Å². The van der Waals surface area contributed by atoms with Crippen LogP contribution >= 0.6 is 11.3 Å². The second-order valence-corrected chi connectivity index (χ2v) is 38.1. The van der Waals surface area contributed by atoms with Crippen molar-refractivity contribution in [2.75, 3.05) is 9.80 Å². The summed E-state index contributed by atoms with van der Waals surface area (Å²) in [7, 11) is -2.75. The fourth-order valence-electron chi connectivity index (χ4n) is 15.7. The predicted molar refractivity (Wildman–Crippen MR) is 430 cm³/mol. The summed E-state index contributed by atoms with van der Waals surface area (Å²) in [6, 6.07) is 103. The van der Waals surface area contributed by atoms with Crippen molar-refractivity contribution in [1.29, 1.82) is 0 Å². The highest BCUT2D eigenvalue weighted by atomic mass is 32.1. The minimum Gasteiger partial charge on any atom is -0.454 e. The third kappa shape index (κ3) is 11.1. The van der Waals surface area contributed by atoms with Gasteiger partial charge in [0.2, 0.25) is 0 Å². The summed E-state index contributed by atoms with van der Waals surface area (Å²) in [4.78, 5) is 5.01. The van der Waals surface area contributed by atoms with Crippen LogP contribution in [0.1, 0.15) is 154 Å². The molecule has 0 aliphatic heterocycles. The number of hydrogen-bond donors (Lipinski definition) is 0. The van der Waals surface area contributed by atoms with Gasteiger partial charge in [0.1, 0.15) is 13.7 Å². The molecule has 0 fully saturated rings. The van der Waals surface area contributed by atoms with Gasteiger partial charge in [0.05, 0.1) is 16.8 Å². The van der Waals surface area contributed by atoms with Gasteiger partial charge in [0.15, 0.2) is 5.58 Å². The maximum Gasteiger partial charge on any atom is 0.160 e. The van der Waals surface area contributed by atoms with Gasteiger partial charge in [-0.15, -0.1) is 11.3 Å². The Morgan fingerprint density at radius 3 is 1.13 bits per heavy atom. The first-order valence-electron chi connectivity index (χ1n) is 35.5. The summed E-state index contributed by atoms with van der Waals surface area (Å²) in [5.74, 6) is 0. The standard InChI is InChI=1S/C94H92N2OSSi/c1-89(2,3)61-35-37-66(38-36-61)94(67-47-57-74(58-48-67)99(16,72-53-43-64(44-54-72)92(10,11)12)73-55-45-65(46-56-73)93(13,14)15)77-60-80(96(69-29-21-18-22-30-69)71-51-41-63(42-52-71)91(7,8)9)87-84(75-31-23-25-33-81(75)97-87)85(77)86-78(94)59-79(83-76-32-24-26-34-82(76)98-88(83)86)95(68-27-19-17-20-28-68)70-49-39-62(40-50-70)90(4,5)6/h17-60H,1-16H3. The fraction of sp³-hybridized carbons (Fsp3) is 0.234. The second kappa shape index (κ2) is 23.9. The van der Waals surface area contributed by atoms with E-state index in [1.165, 1.54) is 96.9 Å². The van der Waals surface area contributed by atoms with E-state index in [9.17, 15) is 0 Å². The van der Waals surface area contributed by atoms with Gasteiger partial charge < -0.3 is 14.2 Å². The highest BCUT2D eigenvalue weighted by Gasteiger charge is 2.51. The number of furan rings is 1. The number of nitrogens with zero attached hydrogens (tertiary/aromatic N) is 2. The molecule has 12 aromatic carbocycles. The van der Waals surface area contributed by atoms with Gasteiger partial charge in [0, 0.05) is 64.8 Å². The average molecular weight is 1330 g/mol. The molecule has 14 aromatic rings. The molecule has 1 atom stereocenters. The van der Waals surface area contributed by atoms with E-state index >= 15 is 0 Å². The van der Waals surface area contributed by atoms with Crippen molar-refractivity contribution in [2.24, 2.45) is 0 Å². The Hall–Kier alpha value is -9.52. The largest absolute Gasteiger partial charge is 0.454 e. The van der Waals surface area contributed by atoms with Crippen molar-refractivity contribution in [3.8, 4) is 11.1 Å². The molecule has 2 aromatic heterocycles. The number of anilines is 6. The first-order valence-corrected chi connectivity index (χ1v) is 38.8. The van der Waals surface area contributed by atoms with Crippen LogP contribution < -0.4 is 25.4 Å². The zero-order valence-electron chi connectivity index (χ0n) is 60.6. The van der Waals surface area contributed by atoms with Crippen molar-refractivity contribution in [3.05, 3.63) is 317 Å². The molecule has 0 saturated carbocycles. The first-order chi connectivity index (χ1) is 47.1. The number of para-hydroxylation sites is 3. The predicted octanol–water partition coefficient (Wildman–Crippen LogP) is 24.8. The Kier molecular flexibility index (Phi) is 15.8. The lowest BCUT2D eigenvalue weighted by Crippen LogP contribution is -2.64. The molecule has 1 aliphatic carbocycles. The van der Waals surface area contributed by atoms with Crippen LogP contribution in [0.15, 0.2) is 271 Å². The maximum atomic E-state index is 7.59. The van der Waals surface area contributed by atoms with E-state index in [1.54, 1.807) is 0 Å². The Labute approximate surface area is 592 Å². The number of rotatable bonds is 11. The minimum absolute atomic E-state index is 0.0131. The summed E-state index contributed by atoms with van der Waals surface area (Å²) in [5.41, 5.74) is 20.8. The van der Waals surface area contributed by atoms with Crippen molar-refractivity contribution >= 4 is 111 Å². The molecular formula is C94H92N2OSSi. The van der Waals surface area contributed by atoms with Crippen LogP contribution in [-0.2, 0) is 32.5 Å². The van der Waals surface area contributed by atoms with Gasteiger partial charge in [-0.1, -0.05) is 305 Å².